The molecule has 0 aliphatic carbocycles. The summed E-state index contributed by atoms with van der Waals surface area (Å²) < 4.78 is 31.7. The fourth-order valence-electron chi connectivity index (χ4n) is 0.0873. The van der Waals surface area contributed by atoms with Crippen molar-refractivity contribution in [2.75, 3.05) is 6.67 Å². The molecule has 0 unspecified atom stereocenters. The van der Waals surface area contributed by atoms with Gasteiger partial charge in [0.2, 0.25) is 0 Å². The first-order valence-corrected chi connectivity index (χ1v) is 2.68. The number of carbonyl (C=O) groups is 2. The zero-order valence-corrected chi connectivity index (χ0v) is 6.13. The molecular weight excluding hydrogens is 197 g/mol. The monoisotopic (exact) mass is 204 g/mol. The van der Waals surface area contributed by atoms with Gasteiger partial charge in [-0.25, -0.2) is 9.59 Å². The van der Waals surface area contributed by atoms with Gasteiger partial charge in [-0.3, -0.25) is 0 Å². The molecule has 13 heavy (non-hydrogen) atoms. The number of nitrogens with one attached hydrogen (secondary N) is 1. The van der Waals surface area contributed by atoms with Crippen molar-refractivity contribution in [2.45, 2.75) is 6.18 Å². The summed E-state index contributed by atoms with van der Waals surface area (Å²) in [4.78, 5) is 18.3. The number of halogens is 3. The highest BCUT2D eigenvalue weighted by Crippen LogP contribution is 2.13. The molecule has 0 rings (SSSR count). The topological polar surface area (TPSA) is 113 Å². The molecule has 0 fully saturated rings. The van der Waals surface area contributed by atoms with Crippen LogP contribution in [0, 0.1) is 0 Å². The Morgan fingerprint density at radius 3 is 1.62 bits per heavy atom. The van der Waals surface area contributed by atoms with Gasteiger partial charge in [-0.1, -0.05) is 0 Å². The molecule has 0 aliphatic heterocycles. The summed E-state index contributed by atoms with van der Waals surface area (Å²) in [6.45, 7) is -0.0185. The predicted octanol–water partition coefficient (Wildman–Crippen LogP) is -0.197. The second-order valence-electron chi connectivity index (χ2n) is 1.49. The largest absolute Gasteiger partial charge is 0.490 e. The number of carboxylic acids is 1. The van der Waals surface area contributed by atoms with Gasteiger partial charge >= 0.3 is 18.2 Å². The average molecular weight is 204 g/mol. The molecular formula is C4H7F3N2O4. The second-order valence-corrected chi connectivity index (χ2v) is 1.49. The normalized spacial score (nSPS) is 9.54. The Morgan fingerprint density at radius 1 is 1.31 bits per heavy atom. The Morgan fingerprint density at radius 2 is 1.62 bits per heavy atom. The Bertz CT molecular complexity index is 181. The maximum Gasteiger partial charge on any atom is 0.490 e. The summed E-state index contributed by atoms with van der Waals surface area (Å²) >= 11 is 0. The number of hydrogen-bond donors (Lipinski definition) is 4. The first-order chi connectivity index (χ1) is 5.71. The van der Waals surface area contributed by atoms with Crippen molar-refractivity contribution < 1.29 is 33.0 Å². The van der Waals surface area contributed by atoms with E-state index in [1.54, 1.807) is 0 Å². The molecule has 0 heterocycles. The van der Waals surface area contributed by atoms with Crippen LogP contribution in [-0.4, -0.2) is 35.1 Å². The van der Waals surface area contributed by atoms with Gasteiger partial charge in [0, 0.05) is 0 Å². The van der Waals surface area contributed by atoms with Crippen LogP contribution in [0.4, 0.5) is 18.0 Å². The smallest absolute Gasteiger partial charge is 0.475 e. The molecule has 0 saturated heterocycles. The maximum atomic E-state index is 10.6. The lowest BCUT2D eigenvalue weighted by Gasteiger charge is -1.93. The summed E-state index contributed by atoms with van der Waals surface area (Å²) in [5, 5.41) is 16.8. The van der Waals surface area contributed by atoms with Crippen LogP contribution in [0.5, 0.6) is 0 Å². The van der Waals surface area contributed by atoms with E-state index in [4.69, 9.17) is 20.7 Å². The number of aliphatic carboxylic acids is 1. The quantitative estimate of drug-likeness (QED) is 0.442. The fourth-order valence-corrected chi connectivity index (χ4v) is 0.0873. The molecule has 0 spiro atoms. The zero-order chi connectivity index (χ0) is 11.1. The SMILES string of the molecule is NCNC(=O)O.O=C(O)C(F)(F)F. The third-order valence-corrected chi connectivity index (χ3v) is 0.496. The van der Waals surface area contributed by atoms with Crippen molar-refractivity contribution in [3.63, 3.8) is 0 Å². The Balaban J connectivity index is 0. The highest BCUT2D eigenvalue weighted by molar-refractivity contribution is 5.73. The van der Waals surface area contributed by atoms with Crippen molar-refractivity contribution in [3.05, 3.63) is 0 Å². The summed E-state index contributed by atoms with van der Waals surface area (Å²) in [5.41, 5.74) is 4.74. The number of carboxylic acid groups (broad SMARTS) is 2. The fraction of sp³-hybridized carbons (Fsp3) is 0.500. The molecule has 0 aromatic carbocycles. The number of rotatable bonds is 1. The first kappa shape index (κ1) is 14.0. The zero-order valence-electron chi connectivity index (χ0n) is 6.13. The third kappa shape index (κ3) is 13.5. The van der Waals surface area contributed by atoms with Gasteiger partial charge in [-0.05, 0) is 0 Å². The van der Waals surface area contributed by atoms with Gasteiger partial charge in [-0.2, -0.15) is 13.2 Å². The van der Waals surface area contributed by atoms with E-state index in [9.17, 15) is 18.0 Å². The Kier molecular flexibility index (Phi) is 6.54. The van der Waals surface area contributed by atoms with Crippen LogP contribution in [0.15, 0.2) is 0 Å². The average Bonchev–Trinajstić information content (AvgIpc) is 1.85. The van der Waals surface area contributed by atoms with Gasteiger partial charge in [0.15, 0.2) is 0 Å². The van der Waals surface area contributed by atoms with Crippen molar-refractivity contribution in [3.8, 4) is 0 Å². The molecule has 1 amide bonds. The molecule has 78 valence electrons. The Labute approximate surface area is 70.1 Å². The molecule has 0 aliphatic rings. The molecule has 6 nitrogen and oxygen atoms in total. The number of alkyl halides is 3. The minimum Gasteiger partial charge on any atom is -0.475 e. The van der Waals surface area contributed by atoms with E-state index in [-0.39, 0.29) is 6.67 Å². The van der Waals surface area contributed by atoms with Crippen molar-refractivity contribution in [1.82, 2.24) is 5.32 Å². The highest BCUT2D eigenvalue weighted by Gasteiger charge is 2.38. The summed E-state index contributed by atoms with van der Waals surface area (Å²) in [6, 6.07) is 0. The highest BCUT2D eigenvalue weighted by atomic mass is 19.4. The van der Waals surface area contributed by atoms with E-state index >= 15 is 0 Å². The summed E-state index contributed by atoms with van der Waals surface area (Å²) in [5.74, 6) is -2.76. The van der Waals surface area contributed by atoms with Gasteiger partial charge in [0.25, 0.3) is 0 Å². The summed E-state index contributed by atoms with van der Waals surface area (Å²) in [7, 11) is 0. The van der Waals surface area contributed by atoms with Crippen LogP contribution in [-0.2, 0) is 4.79 Å². The van der Waals surface area contributed by atoms with Gasteiger partial charge in [0.05, 0.1) is 6.67 Å². The van der Waals surface area contributed by atoms with E-state index in [1.807, 2.05) is 5.32 Å². The van der Waals surface area contributed by atoms with Crippen LogP contribution in [0.1, 0.15) is 0 Å². The number of amides is 1. The molecule has 0 aromatic heterocycles. The van der Waals surface area contributed by atoms with Crippen LogP contribution < -0.4 is 11.1 Å². The first-order valence-electron chi connectivity index (χ1n) is 2.68. The van der Waals surface area contributed by atoms with E-state index < -0.39 is 18.2 Å². The molecule has 0 saturated carbocycles. The number of hydrogen-bond acceptors (Lipinski definition) is 3. The van der Waals surface area contributed by atoms with Gasteiger partial charge in [-0.15, -0.1) is 0 Å². The molecule has 0 atom stereocenters. The van der Waals surface area contributed by atoms with Crippen LogP contribution in [0.2, 0.25) is 0 Å². The minimum atomic E-state index is -5.08. The Hall–Kier alpha value is -1.51. The van der Waals surface area contributed by atoms with Gasteiger partial charge in [0.1, 0.15) is 0 Å². The lowest BCUT2D eigenvalue weighted by molar-refractivity contribution is -0.192. The standard InChI is InChI=1S/C2HF3O2.C2H6N2O2/c3-2(4,5)1(6)7;3-1-4-2(5)6/h(H,6,7);4H,1,3H2,(H,5,6). The molecule has 5 N–H and O–H groups in total. The van der Waals surface area contributed by atoms with Crippen LogP contribution in [0.25, 0.3) is 0 Å². The molecule has 0 bridgehead atoms. The van der Waals surface area contributed by atoms with Gasteiger partial charge < -0.3 is 21.3 Å². The third-order valence-electron chi connectivity index (χ3n) is 0.496. The van der Waals surface area contributed by atoms with E-state index in [2.05, 4.69) is 0 Å². The maximum absolute atomic E-state index is 10.6. The van der Waals surface area contributed by atoms with Crippen LogP contribution >= 0.6 is 0 Å². The second kappa shape index (κ2) is 6.06. The molecule has 9 heteroatoms. The summed E-state index contributed by atoms with van der Waals surface area (Å²) in [6.07, 6.45) is -6.17. The van der Waals surface area contributed by atoms with Crippen molar-refractivity contribution in [1.29, 1.82) is 0 Å². The predicted molar refractivity (Wildman–Crippen MR) is 33.9 cm³/mol. The van der Waals surface area contributed by atoms with Crippen LogP contribution in [0.3, 0.4) is 0 Å². The molecule has 0 aromatic rings. The lowest BCUT2D eigenvalue weighted by atomic mass is 10.7. The van der Waals surface area contributed by atoms with Crippen molar-refractivity contribution in [2.24, 2.45) is 5.73 Å². The van der Waals surface area contributed by atoms with E-state index in [1.165, 1.54) is 0 Å². The van der Waals surface area contributed by atoms with E-state index in [0.29, 0.717) is 0 Å². The molecule has 0 radical (unpaired) electrons. The van der Waals surface area contributed by atoms with E-state index in [0.717, 1.165) is 0 Å². The minimum absolute atomic E-state index is 0.0185. The lowest BCUT2D eigenvalue weighted by Crippen LogP contribution is -2.27. The van der Waals surface area contributed by atoms with Crippen molar-refractivity contribution >= 4 is 12.1 Å². The number of nitrogens with two attached hydrogens (primary N) is 1.